The fourth-order valence-electron chi connectivity index (χ4n) is 4.98. The van der Waals surface area contributed by atoms with E-state index in [4.69, 9.17) is 4.74 Å². The van der Waals surface area contributed by atoms with E-state index in [2.05, 4.69) is 29.6 Å². The molecule has 5 rings (SSSR count). The number of amides is 1. The second-order valence-corrected chi connectivity index (χ2v) is 8.09. The normalized spacial score (nSPS) is 16.7. The lowest BCUT2D eigenvalue weighted by Gasteiger charge is -2.27. The van der Waals surface area contributed by atoms with Crippen molar-refractivity contribution in [1.29, 1.82) is 0 Å². The van der Waals surface area contributed by atoms with E-state index in [9.17, 15) is 14.7 Å². The van der Waals surface area contributed by atoms with Gasteiger partial charge in [-0.25, -0.2) is 9.59 Å². The third-order valence-corrected chi connectivity index (χ3v) is 6.37. The zero-order chi connectivity index (χ0) is 21.4. The van der Waals surface area contributed by atoms with Gasteiger partial charge in [-0.3, -0.25) is 0 Å². The molecule has 0 saturated carbocycles. The number of nitrogens with one attached hydrogen (secondary N) is 1. The summed E-state index contributed by atoms with van der Waals surface area (Å²) in [7, 11) is 0. The van der Waals surface area contributed by atoms with Crippen LogP contribution in [0.25, 0.3) is 11.1 Å². The number of fused-ring (bicyclic) bond motifs is 4. The summed E-state index contributed by atoms with van der Waals surface area (Å²) < 4.78 is 5.67. The van der Waals surface area contributed by atoms with Crippen LogP contribution < -0.4 is 5.32 Å². The number of carboxylic acid groups (broad SMARTS) is 1. The third kappa shape index (κ3) is 3.46. The van der Waals surface area contributed by atoms with E-state index in [-0.39, 0.29) is 18.6 Å². The topological polar surface area (TPSA) is 75.6 Å². The Morgan fingerprint density at radius 3 is 2.23 bits per heavy atom. The van der Waals surface area contributed by atoms with Gasteiger partial charge in [-0.1, -0.05) is 60.7 Å². The lowest BCUT2D eigenvalue weighted by molar-refractivity contribution is 0.0695. The van der Waals surface area contributed by atoms with Crippen molar-refractivity contribution in [2.24, 2.45) is 0 Å². The summed E-state index contributed by atoms with van der Waals surface area (Å²) in [5, 5.41) is 12.4. The summed E-state index contributed by atoms with van der Waals surface area (Å²) >= 11 is 0. The van der Waals surface area contributed by atoms with E-state index >= 15 is 0 Å². The van der Waals surface area contributed by atoms with Crippen LogP contribution in [-0.2, 0) is 11.2 Å². The average molecular weight is 413 g/mol. The van der Waals surface area contributed by atoms with Crippen LogP contribution in [0.3, 0.4) is 0 Å². The summed E-state index contributed by atoms with van der Waals surface area (Å²) in [6.07, 6.45) is 1.83. The third-order valence-electron chi connectivity index (χ3n) is 6.37. The van der Waals surface area contributed by atoms with Gasteiger partial charge in [0.05, 0.1) is 11.6 Å². The van der Waals surface area contributed by atoms with Crippen molar-refractivity contribution in [2.75, 3.05) is 6.61 Å². The zero-order valence-electron chi connectivity index (χ0n) is 17.0. The molecule has 0 saturated heterocycles. The van der Waals surface area contributed by atoms with Crippen molar-refractivity contribution in [3.8, 4) is 11.1 Å². The van der Waals surface area contributed by atoms with Gasteiger partial charge in [-0.2, -0.15) is 0 Å². The summed E-state index contributed by atoms with van der Waals surface area (Å²) in [5.74, 6) is -0.922. The first-order valence-corrected chi connectivity index (χ1v) is 10.6. The van der Waals surface area contributed by atoms with Gasteiger partial charge in [0.25, 0.3) is 0 Å². The summed E-state index contributed by atoms with van der Waals surface area (Å²) in [6.45, 7) is 0.259. The minimum absolute atomic E-state index is 0.00963. The first kappa shape index (κ1) is 19.4. The van der Waals surface area contributed by atoms with Gasteiger partial charge in [-0.05, 0) is 58.7 Å². The van der Waals surface area contributed by atoms with Crippen molar-refractivity contribution in [3.63, 3.8) is 0 Å². The van der Waals surface area contributed by atoms with Crippen LogP contribution in [0.1, 0.15) is 57.4 Å². The monoisotopic (exact) mass is 413 g/mol. The highest BCUT2D eigenvalue weighted by atomic mass is 16.5. The molecule has 0 aromatic heterocycles. The number of benzene rings is 3. The highest BCUT2D eigenvalue weighted by molar-refractivity contribution is 5.90. The number of alkyl carbamates (subject to hydrolysis) is 1. The average Bonchev–Trinajstić information content (AvgIpc) is 3.11. The van der Waals surface area contributed by atoms with Crippen LogP contribution in [0.4, 0.5) is 4.79 Å². The summed E-state index contributed by atoms with van der Waals surface area (Å²) in [5.41, 5.74) is 6.72. The van der Waals surface area contributed by atoms with Crippen LogP contribution in [0.15, 0.2) is 66.7 Å². The van der Waals surface area contributed by atoms with E-state index in [1.54, 1.807) is 12.1 Å². The molecule has 3 aromatic carbocycles. The maximum absolute atomic E-state index is 12.7. The van der Waals surface area contributed by atoms with Gasteiger partial charge in [0.15, 0.2) is 0 Å². The van der Waals surface area contributed by atoms with Gasteiger partial charge >= 0.3 is 12.1 Å². The number of carbonyl (C=O) groups excluding carboxylic acids is 1. The molecular weight excluding hydrogens is 390 g/mol. The summed E-state index contributed by atoms with van der Waals surface area (Å²) in [6, 6.07) is 21.5. The Bertz CT molecular complexity index is 1120. The Kier molecular flexibility index (Phi) is 4.94. The number of ether oxygens (including phenoxy) is 1. The van der Waals surface area contributed by atoms with Gasteiger partial charge in [0.1, 0.15) is 6.61 Å². The molecule has 2 aliphatic carbocycles. The van der Waals surface area contributed by atoms with Crippen molar-refractivity contribution in [1.82, 2.24) is 5.32 Å². The highest BCUT2D eigenvalue weighted by Crippen LogP contribution is 2.44. The van der Waals surface area contributed by atoms with Gasteiger partial charge in [-0.15, -0.1) is 0 Å². The Labute approximate surface area is 180 Å². The predicted molar refractivity (Wildman–Crippen MR) is 117 cm³/mol. The molecule has 0 radical (unpaired) electrons. The van der Waals surface area contributed by atoms with E-state index in [1.165, 1.54) is 22.3 Å². The quantitative estimate of drug-likeness (QED) is 0.608. The molecule has 3 aromatic rings. The maximum Gasteiger partial charge on any atom is 0.407 e. The van der Waals surface area contributed by atoms with Crippen LogP contribution in [-0.4, -0.2) is 23.8 Å². The van der Waals surface area contributed by atoms with Crippen LogP contribution >= 0.6 is 0 Å². The first-order valence-electron chi connectivity index (χ1n) is 10.6. The lowest BCUT2D eigenvalue weighted by atomic mass is 9.85. The van der Waals surface area contributed by atoms with E-state index in [0.717, 1.165) is 24.0 Å². The number of aromatic carboxylic acids is 1. The van der Waals surface area contributed by atoms with Crippen LogP contribution in [0.2, 0.25) is 0 Å². The number of carbonyl (C=O) groups is 2. The number of hydrogen-bond donors (Lipinski definition) is 2. The second kappa shape index (κ2) is 7.91. The lowest BCUT2D eigenvalue weighted by Crippen LogP contribution is -2.32. The molecule has 31 heavy (non-hydrogen) atoms. The Balaban J connectivity index is 1.31. The van der Waals surface area contributed by atoms with Crippen molar-refractivity contribution in [2.45, 2.75) is 31.2 Å². The Morgan fingerprint density at radius 2 is 1.55 bits per heavy atom. The molecule has 1 amide bonds. The fraction of sp³-hybridized carbons (Fsp3) is 0.231. The molecule has 1 atom stereocenters. The Morgan fingerprint density at radius 1 is 0.903 bits per heavy atom. The first-order chi connectivity index (χ1) is 15.1. The SMILES string of the molecule is O=C(NC1CCCc2c(C(=O)O)cccc21)OCC1c2ccccc2-c2ccccc21. The van der Waals surface area contributed by atoms with E-state index < -0.39 is 12.1 Å². The van der Waals surface area contributed by atoms with Crippen molar-refractivity contribution in [3.05, 3.63) is 94.5 Å². The molecule has 0 bridgehead atoms. The zero-order valence-corrected chi connectivity index (χ0v) is 17.0. The van der Waals surface area contributed by atoms with Gasteiger partial charge < -0.3 is 15.2 Å². The molecule has 2 aliphatic rings. The van der Waals surface area contributed by atoms with Gasteiger partial charge in [0, 0.05) is 5.92 Å². The van der Waals surface area contributed by atoms with E-state index in [1.807, 2.05) is 30.3 Å². The fourth-order valence-corrected chi connectivity index (χ4v) is 4.98. The van der Waals surface area contributed by atoms with Crippen molar-refractivity contribution < 1.29 is 19.4 Å². The second-order valence-electron chi connectivity index (χ2n) is 8.09. The van der Waals surface area contributed by atoms with Crippen LogP contribution in [0, 0.1) is 0 Å². The number of hydrogen-bond acceptors (Lipinski definition) is 3. The van der Waals surface area contributed by atoms with E-state index in [0.29, 0.717) is 12.0 Å². The molecule has 0 spiro atoms. The molecule has 0 aliphatic heterocycles. The molecule has 5 nitrogen and oxygen atoms in total. The molecule has 2 N–H and O–H groups in total. The molecule has 156 valence electrons. The van der Waals surface area contributed by atoms with Crippen molar-refractivity contribution >= 4 is 12.1 Å². The largest absolute Gasteiger partial charge is 0.478 e. The van der Waals surface area contributed by atoms with Crippen LogP contribution in [0.5, 0.6) is 0 Å². The number of rotatable bonds is 4. The predicted octanol–water partition coefficient (Wildman–Crippen LogP) is 5.30. The molecule has 5 heteroatoms. The number of carboxylic acids is 1. The minimum Gasteiger partial charge on any atom is -0.478 e. The standard InChI is InChI=1S/C26H23NO4/c28-25(29)22-13-5-12-21-20(22)11-6-14-24(21)27-26(30)31-15-23-18-9-3-1-7-16(18)17-8-2-4-10-19(17)23/h1-5,7-10,12-13,23-24H,6,11,14-15H2,(H,27,30)(H,28,29). The maximum atomic E-state index is 12.7. The Hall–Kier alpha value is -3.60. The summed E-state index contributed by atoms with van der Waals surface area (Å²) in [4.78, 5) is 24.2. The highest BCUT2D eigenvalue weighted by Gasteiger charge is 2.30. The van der Waals surface area contributed by atoms with Gasteiger partial charge in [0.2, 0.25) is 0 Å². The molecule has 0 fully saturated rings. The molecule has 0 heterocycles. The minimum atomic E-state index is -0.932. The molecule has 1 unspecified atom stereocenters. The smallest absolute Gasteiger partial charge is 0.407 e. The molecular formula is C26H23NO4.